The molecule has 1 atom stereocenters. The van der Waals surface area contributed by atoms with Gasteiger partial charge in [-0.3, -0.25) is 4.79 Å². The average molecular weight is 343 g/mol. The Morgan fingerprint density at radius 3 is 2.64 bits per heavy atom. The van der Waals surface area contributed by atoms with E-state index in [-0.39, 0.29) is 11.8 Å². The first-order valence-corrected chi connectivity index (χ1v) is 9.47. The summed E-state index contributed by atoms with van der Waals surface area (Å²) in [7, 11) is 1.76. The second kappa shape index (κ2) is 5.73. The molecule has 1 amide bonds. The van der Waals surface area contributed by atoms with Gasteiger partial charge in [-0.25, -0.2) is 0 Å². The largest absolute Gasteiger partial charge is 0.496 e. The molecular weight excluding hydrogens is 314 g/mol. The van der Waals surface area contributed by atoms with E-state index in [1.165, 1.54) is 24.0 Å². The molecule has 0 aromatic heterocycles. The zero-order valence-electron chi connectivity index (χ0n) is 15.5. The fraction of sp³-hybridized carbons (Fsp3) is 0.667. The molecule has 3 aliphatic rings. The van der Waals surface area contributed by atoms with Crippen LogP contribution in [-0.4, -0.2) is 41.7 Å². The summed E-state index contributed by atoms with van der Waals surface area (Å²) in [6, 6.07) is 6.43. The molecule has 1 aromatic rings. The van der Waals surface area contributed by atoms with Crippen LogP contribution in [0.3, 0.4) is 0 Å². The zero-order valence-corrected chi connectivity index (χ0v) is 15.5. The lowest BCUT2D eigenvalue weighted by Gasteiger charge is -2.52. The maximum absolute atomic E-state index is 12.5. The normalized spacial score (nSPS) is 33.0. The smallest absolute Gasteiger partial charge is 0.225 e. The number of carbonyl (C=O) groups excluding carboxylic acids is 1. The Bertz CT molecular complexity index is 682. The van der Waals surface area contributed by atoms with Crippen LogP contribution in [0.5, 0.6) is 5.75 Å². The maximum Gasteiger partial charge on any atom is 0.225 e. The molecule has 25 heavy (non-hydrogen) atoms. The number of para-hydroxylation sites is 1. The molecule has 1 unspecified atom stereocenters. The van der Waals surface area contributed by atoms with E-state index < -0.39 is 5.60 Å². The van der Waals surface area contributed by atoms with Gasteiger partial charge in [0.1, 0.15) is 5.75 Å². The Balaban J connectivity index is 1.38. The third-order valence-corrected chi connectivity index (χ3v) is 6.67. The summed E-state index contributed by atoms with van der Waals surface area (Å²) in [5.74, 6) is 1.88. The highest BCUT2D eigenvalue weighted by Gasteiger charge is 2.53. The minimum Gasteiger partial charge on any atom is -0.496 e. The highest BCUT2D eigenvalue weighted by atomic mass is 16.5. The molecule has 3 fully saturated rings. The predicted molar refractivity (Wildman–Crippen MR) is 96.7 cm³/mol. The molecule has 1 spiro atoms. The predicted octanol–water partition coefficient (Wildman–Crippen LogP) is 3.26. The van der Waals surface area contributed by atoms with Crippen molar-refractivity contribution in [1.29, 1.82) is 0 Å². The molecule has 1 heterocycles. The van der Waals surface area contributed by atoms with Gasteiger partial charge in [-0.1, -0.05) is 18.2 Å². The van der Waals surface area contributed by atoms with Gasteiger partial charge in [0, 0.05) is 24.4 Å². The Hall–Kier alpha value is -1.55. The van der Waals surface area contributed by atoms with Crippen molar-refractivity contribution in [2.45, 2.75) is 57.5 Å². The number of nitrogens with zero attached hydrogens (tertiary/aromatic N) is 1. The first kappa shape index (κ1) is 16.9. The number of aryl methyl sites for hydroxylation is 1. The zero-order chi connectivity index (χ0) is 17.8. The molecule has 1 aliphatic heterocycles. The van der Waals surface area contributed by atoms with Gasteiger partial charge in [-0.05, 0) is 63.0 Å². The van der Waals surface area contributed by atoms with E-state index in [1.54, 1.807) is 7.11 Å². The summed E-state index contributed by atoms with van der Waals surface area (Å²) in [4.78, 5) is 14.6. The number of hydrogen-bond acceptors (Lipinski definition) is 3. The molecular formula is C21H29NO3. The van der Waals surface area contributed by atoms with Gasteiger partial charge in [0.15, 0.2) is 0 Å². The highest BCUT2D eigenvalue weighted by Crippen LogP contribution is 2.54. The van der Waals surface area contributed by atoms with Crippen molar-refractivity contribution < 1.29 is 14.6 Å². The molecule has 1 saturated heterocycles. The van der Waals surface area contributed by atoms with Crippen molar-refractivity contribution >= 4 is 5.91 Å². The first-order chi connectivity index (χ1) is 11.8. The van der Waals surface area contributed by atoms with E-state index in [9.17, 15) is 9.90 Å². The molecule has 4 nitrogen and oxygen atoms in total. The van der Waals surface area contributed by atoms with Crippen molar-refractivity contribution in [3.05, 3.63) is 29.3 Å². The van der Waals surface area contributed by atoms with Gasteiger partial charge in [-0.2, -0.15) is 0 Å². The monoisotopic (exact) mass is 343 g/mol. The first-order valence-electron chi connectivity index (χ1n) is 9.47. The fourth-order valence-corrected chi connectivity index (χ4v) is 5.39. The van der Waals surface area contributed by atoms with Gasteiger partial charge in [0.2, 0.25) is 5.91 Å². The molecule has 136 valence electrons. The van der Waals surface area contributed by atoms with E-state index in [1.807, 2.05) is 11.8 Å². The van der Waals surface area contributed by atoms with Crippen LogP contribution in [0.25, 0.3) is 0 Å². The third-order valence-electron chi connectivity index (χ3n) is 6.67. The van der Waals surface area contributed by atoms with Crippen LogP contribution >= 0.6 is 0 Å². The lowest BCUT2D eigenvalue weighted by atomic mass is 9.69. The van der Waals surface area contributed by atoms with E-state index in [4.69, 9.17) is 4.74 Å². The van der Waals surface area contributed by atoms with Gasteiger partial charge < -0.3 is 14.7 Å². The van der Waals surface area contributed by atoms with Gasteiger partial charge in [0.05, 0.1) is 12.7 Å². The number of hydrogen-bond donors (Lipinski definition) is 1. The second-order valence-electron chi connectivity index (χ2n) is 8.93. The van der Waals surface area contributed by atoms with Crippen LogP contribution in [0.15, 0.2) is 18.2 Å². The lowest BCUT2D eigenvalue weighted by molar-refractivity contribution is -0.161. The van der Waals surface area contributed by atoms with E-state index in [0.29, 0.717) is 24.2 Å². The number of benzene rings is 1. The van der Waals surface area contributed by atoms with Crippen molar-refractivity contribution in [2.75, 3.05) is 20.2 Å². The number of likely N-dealkylation sites (tertiary alicyclic amines) is 1. The quantitative estimate of drug-likeness (QED) is 0.916. The summed E-state index contributed by atoms with van der Waals surface area (Å²) < 4.78 is 5.65. The summed E-state index contributed by atoms with van der Waals surface area (Å²) in [5, 5.41) is 9.86. The Kier molecular flexibility index (Phi) is 3.87. The standard InChI is InChI=1S/C21H29NO3/c1-14-5-4-6-17(18(14)25-3)15-7-8-21(11-15)12-22(13-21)19(23)16-9-20(2,24)10-16/h4-6,15-16,24H,7-13H2,1-3H3/t15?,16-,20+. The van der Waals surface area contributed by atoms with E-state index in [2.05, 4.69) is 25.1 Å². The fourth-order valence-electron chi connectivity index (χ4n) is 5.39. The molecule has 2 saturated carbocycles. The molecule has 2 aliphatic carbocycles. The van der Waals surface area contributed by atoms with Crippen molar-refractivity contribution in [1.82, 2.24) is 4.90 Å². The van der Waals surface area contributed by atoms with Crippen LogP contribution in [0.4, 0.5) is 0 Å². The molecule has 4 rings (SSSR count). The Morgan fingerprint density at radius 1 is 1.28 bits per heavy atom. The summed E-state index contributed by atoms with van der Waals surface area (Å²) in [6.45, 7) is 5.72. The number of carbonyl (C=O) groups is 1. The Morgan fingerprint density at radius 2 is 2.00 bits per heavy atom. The van der Waals surface area contributed by atoms with Crippen LogP contribution in [0, 0.1) is 18.3 Å². The average Bonchev–Trinajstić information content (AvgIpc) is 2.95. The van der Waals surface area contributed by atoms with Crippen molar-refractivity contribution in [2.24, 2.45) is 11.3 Å². The highest BCUT2D eigenvalue weighted by molar-refractivity contribution is 5.81. The summed E-state index contributed by atoms with van der Waals surface area (Å²) in [5.41, 5.74) is 2.22. The van der Waals surface area contributed by atoms with Gasteiger partial charge in [0.25, 0.3) is 0 Å². The van der Waals surface area contributed by atoms with Crippen molar-refractivity contribution in [3.8, 4) is 5.75 Å². The Labute approximate surface area is 150 Å². The number of aliphatic hydroxyl groups is 1. The summed E-state index contributed by atoms with van der Waals surface area (Å²) >= 11 is 0. The molecule has 1 N–H and O–H groups in total. The van der Waals surface area contributed by atoms with E-state index >= 15 is 0 Å². The molecule has 0 radical (unpaired) electrons. The van der Waals surface area contributed by atoms with Crippen LogP contribution in [0.2, 0.25) is 0 Å². The lowest BCUT2D eigenvalue weighted by Crippen LogP contribution is -2.61. The van der Waals surface area contributed by atoms with Crippen LogP contribution < -0.4 is 4.74 Å². The molecule has 4 heteroatoms. The number of amides is 1. The minimum absolute atomic E-state index is 0.0430. The maximum atomic E-state index is 12.5. The topological polar surface area (TPSA) is 49.8 Å². The second-order valence-corrected chi connectivity index (χ2v) is 8.93. The van der Waals surface area contributed by atoms with Gasteiger partial charge >= 0.3 is 0 Å². The number of methoxy groups -OCH3 is 1. The number of ether oxygens (including phenoxy) is 1. The molecule has 1 aromatic carbocycles. The summed E-state index contributed by atoms with van der Waals surface area (Å²) in [6.07, 6.45) is 4.77. The SMILES string of the molecule is COc1c(C)cccc1C1CCC2(C1)CN(C(=O)[C@H]1C[C@@](C)(O)C1)C2. The minimum atomic E-state index is -0.622. The molecule has 0 bridgehead atoms. The van der Waals surface area contributed by atoms with E-state index in [0.717, 1.165) is 25.3 Å². The third kappa shape index (κ3) is 2.84. The van der Waals surface area contributed by atoms with Gasteiger partial charge in [-0.15, -0.1) is 0 Å². The number of rotatable bonds is 3. The van der Waals surface area contributed by atoms with Crippen LogP contribution in [-0.2, 0) is 4.79 Å². The van der Waals surface area contributed by atoms with Crippen LogP contribution in [0.1, 0.15) is 56.1 Å². The van der Waals surface area contributed by atoms with Crippen molar-refractivity contribution in [3.63, 3.8) is 0 Å².